The summed E-state index contributed by atoms with van der Waals surface area (Å²) in [5.74, 6) is 0.929. The Labute approximate surface area is 164 Å². The van der Waals surface area contributed by atoms with Gasteiger partial charge in [0, 0.05) is 42.7 Å². The second-order valence-electron chi connectivity index (χ2n) is 6.83. The highest BCUT2D eigenvalue weighted by Crippen LogP contribution is 2.31. The van der Waals surface area contributed by atoms with Crippen LogP contribution >= 0.6 is 0 Å². The van der Waals surface area contributed by atoms with Crippen LogP contribution in [-0.4, -0.2) is 46.0 Å². The Balaban J connectivity index is 1.57. The molecule has 1 amide bonds. The maximum atomic E-state index is 12.7. The summed E-state index contributed by atoms with van der Waals surface area (Å²) in [6, 6.07) is 13.9. The molecule has 2 aromatic heterocycles. The molecule has 0 saturated carbocycles. The van der Waals surface area contributed by atoms with Crippen LogP contribution in [0.15, 0.2) is 61.1 Å². The monoisotopic (exact) mass is 374 g/mol. The first kappa shape index (κ1) is 18.1. The number of piperidine rings is 1. The highest BCUT2D eigenvalue weighted by molar-refractivity contribution is 5.92. The third-order valence-corrected chi connectivity index (χ3v) is 5.06. The molecule has 0 bridgehead atoms. The number of nitrogens with zero attached hydrogens (tertiary/aromatic N) is 4. The Morgan fingerprint density at radius 1 is 1.14 bits per heavy atom. The summed E-state index contributed by atoms with van der Waals surface area (Å²) in [6.07, 6.45) is 6.59. The first-order chi connectivity index (χ1) is 13.8. The fourth-order valence-corrected chi connectivity index (χ4v) is 3.66. The topological polar surface area (TPSA) is 68.2 Å². The average molecular weight is 374 g/mol. The smallest absolute Gasteiger partial charge is 0.274 e. The number of methoxy groups -OCH3 is 1. The lowest BCUT2D eigenvalue weighted by atomic mass is 9.93. The maximum absolute atomic E-state index is 12.7. The van der Waals surface area contributed by atoms with Gasteiger partial charge in [-0.15, -0.1) is 0 Å². The number of benzene rings is 1. The maximum Gasteiger partial charge on any atom is 0.274 e. The zero-order valence-corrected chi connectivity index (χ0v) is 15.8. The standard InChI is InChI=1S/C22H22N4O2/c1-28-21-10-3-2-7-17(21)19-9-4-8-18(25-19)16-6-5-13-26(15-16)22(27)20-14-23-11-12-24-20/h2-4,7-12,14,16H,5-6,13,15H2,1H3/t16-/m1/s1. The molecule has 0 N–H and O–H groups in total. The molecular formula is C22H22N4O2. The van der Waals surface area contributed by atoms with Crippen LogP contribution in [-0.2, 0) is 0 Å². The van der Waals surface area contributed by atoms with E-state index in [1.54, 1.807) is 19.5 Å². The second kappa shape index (κ2) is 8.17. The lowest BCUT2D eigenvalue weighted by Gasteiger charge is -2.32. The van der Waals surface area contributed by atoms with Gasteiger partial charge in [-0.05, 0) is 37.1 Å². The molecule has 142 valence electrons. The van der Waals surface area contributed by atoms with Crippen molar-refractivity contribution in [1.29, 1.82) is 0 Å². The number of carbonyl (C=O) groups is 1. The second-order valence-corrected chi connectivity index (χ2v) is 6.83. The molecule has 6 heteroatoms. The molecule has 3 aromatic rings. The van der Waals surface area contributed by atoms with E-state index in [-0.39, 0.29) is 11.8 Å². The molecule has 1 aliphatic rings. The Bertz CT molecular complexity index is 962. The van der Waals surface area contributed by atoms with Gasteiger partial charge in [-0.1, -0.05) is 18.2 Å². The highest BCUT2D eigenvalue weighted by atomic mass is 16.5. The van der Waals surface area contributed by atoms with Crippen molar-refractivity contribution in [2.45, 2.75) is 18.8 Å². The minimum absolute atomic E-state index is 0.0707. The fourth-order valence-electron chi connectivity index (χ4n) is 3.66. The van der Waals surface area contributed by atoms with Crippen LogP contribution in [0, 0.1) is 0 Å². The molecule has 0 aliphatic carbocycles. The van der Waals surface area contributed by atoms with Crippen LogP contribution in [0.25, 0.3) is 11.3 Å². The van der Waals surface area contributed by atoms with Crippen molar-refractivity contribution in [1.82, 2.24) is 19.9 Å². The van der Waals surface area contributed by atoms with Crippen LogP contribution in [0.5, 0.6) is 5.75 Å². The van der Waals surface area contributed by atoms with Gasteiger partial charge in [-0.2, -0.15) is 0 Å². The highest BCUT2D eigenvalue weighted by Gasteiger charge is 2.27. The molecule has 3 heterocycles. The number of hydrogen-bond acceptors (Lipinski definition) is 5. The van der Waals surface area contributed by atoms with E-state index in [0.29, 0.717) is 12.2 Å². The van der Waals surface area contributed by atoms with Gasteiger partial charge in [0.1, 0.15) is 11.4 Å². The molecule has 0 radical (unpaired) electrons. The van der Waals surface area contributed by atoms with Crippen LogP contribution in [0.4, 0.5) is 0 Å². The number of likely N-dealkylation sites (tertiary alicyclic amines) is 1. The average Bonchev–Trinajstić information content (AvgIpc) is 2.79. The van der Waals surface area contributed by atoms with E-state index in [1.807, 2.05) is 47.4 Å². The summed E-state index contributed by atoms with van der Waals surface area (Å²) >= 11 is 0. The van der Waals surface area contributed by atoms with Crippen molar-refractivity contribution in [3.63, 3.8) is 0 Å². The molecule has 1 aromatic carbocycles. The van der Waals surface area contributed by atoms with Crippen molar-refractivity contribution in [2.75, 3.05) is 20.2 Å². The van der Waals surface area contributed by atoms with Gasteiger partial charge < -0.3 is 9.64 Å². The van der Waals surface area contributed by atoms with Gasteiger partial charge in [0.15, 0.2) is 0 Å². The van der Waals surface area contributed by atoms with Crippen molar-refractivity contribution in [3.8, 4) is 17.0 Å². The predicted octanol–water partition coefficient (Wildman–Crippen LogP) is 3.57. The van der Waals surface area contributed by atoms with Crippen molar-refractivity contribution < 1.29 is 9.53 Å². The number of ether oxygens (including phenoxy) is 1. The lowest BCUT2D eigenvalue weighted by molar-refractivity contribution is 0.0699. The summed E-state index contributed by atoms with van der Waals surface area (Å²) in [4.78, 5) is 27.6. The zero-order chi connectivity index (χ0) is 19.3. The van der Waals surface area contributed by atoms with Gasteiger partial charge in [0.05, 0.1) is 19.0 Å². The Hall–Kier alpha value is -3.28. The van der Waals surface area contributed by atoms with Crippen LogP contribution in [0.3, 0.4) is 0 Å². The van der Waals surface area contributed by atoms with E-state index in [1.165, 1.54) is 6.20 Å². The van der Waals surface area contributed by atoms with Crippen molar-refractivity contribution in [2.24, 2.45) is 0 Å². The third kappa shape index (κ3) is 3.71. The minimum Gasteiger partial charge on any atom is -0.496 e. The quantitative estimate of drug-likeness (QED) is 0.698. The Morgan fingerprint density at radius 2 is 2.04 bits per heavy atom. The van der Waals surface area contributed by atoms with Gasteiger partial charge in [-0.3, -0.25) is 14.8 Å². The number of pyridine rings is 1. The lowest BCUT2D eigenvalue weighted by Crippen LogP contribution is -2.39. The van der Waals surface area contributed by atoms with E-state index < -0.39 is 0 Å². The molecule has 1 fully saturated rings. The Morgan fingerprint density at radius 3 is 2.86 bits per heavy atom. The summed E-state index contributed by atoms with van der Waals surface area (Å²) in [5.41, 5.74) is 3.24. The number of aromatic nitrogens is 3. The van der Waals surface area contributed by atoms with E-state index in [9.17, 15) is 4.79 Å². The summed E-state index contributed by atoms with van der Waals surface area (Å²) in [6.45, 7) is 1.37. The van der Waals surface area contributed by atoms with E-state index in [2.05, 4.69) is 9.97 Å². The van der Waals surface area contributed by atoms with Gasteiger partial charge in [0.2, 0.25) is 0 Å². The summed E-state index contributed by atoms with van der Waals surface area (Å²) in [7, 11) is 1.67. The molecule has 1 saturated heterocycles. The molecule has 6 nitrogen and oxygen atoms in total. The van der Waals surface area contributed by atoms with E-state index >= 15 is 0 Å². The molecule has 0 spiro atoms. The van der Waals surface area contributed by atoms with Crippen molar-refractivity contribution in [3.05, 3.63) is 72.4 Å². The first-order valence-electron chi connectivity index (χ1n) is 9.42. The van der Waals surface area contributed by atoms with Crippen molar-refractivity contribution >= 4 is 5.91 Å². The third-order valence-electron chi connectivity index (χ3n) is 5.06. The summed E-state index contributed by atoms with van der Waals surface area (Å²) in [5, 5.41) is 0. The molecule has 4 rings (SSSR count). The molecular weight excluding hydrogens is 352 g/mol. The fraction of sp³-hybridized carbons (Fsp3) is 0.273. The number of carbonyl (C=O) groups excluding carboxylic acids is 1. The van der Waals surface area contributed by atoms with Crippen LogP contribution in [0.2, 0.25) is 0 Å². The van der Waals surface area contributed by atoms with Gasteiger partial charge >= 0.3 is 0 Å². The number of hydrogen-bond donors (Lipinski definition) is 0. The van der Waals surface area contributed by atoms with Crippen LogP contribution in [0.1, 0.15) is 34.9 Å². The van der Waals surface area contributed by atoms with E-state index in [0.717, 1.165) is 42.1 Å². The number of amides is 1. The van der Waals surface area contributed by atoms with Gasteiger partial charge in [0.25, 0.3) is 5.91 Å². The molecule has 1 aliphatic heterocycles. The number of rotatable bonds is 4. The predicted molar refractivity (Wildman–Crippen MR) is 106 cm³/mol. The first-order valence-corrected chi connectivity index (χ1v) is 9.42. The Kier molecular flexibility index (Phi) is 5.28. The van der Waals surface area contributed by atoms with Crippen LogP contribution < -0.4 is 4.74 Å². The largest absolute Gasteiger partial charge is 0.496 e. The summed E-state index contributed by atoms with van der Waals surface area (Å²) < 4.78 is 5.48. The molecule has 1 atom stereocenters. The molecule has 28 heavy (non-hydrogen) atoms. The van der Waals surface area contributed by atoms with E-state index in [4.69, 9.17) is 9.72 Å². The van der Waals surface area contributed by atoms with Gasteiger partial charge in [-0.25, -0.2) is 4.98 Å². The molecule has 0 unspecified atom stereocenters. The SMILES string of the molecule is COc1ccccc1-c1cccc([C@@H]2CCCN(C(=O)c3cnccn3)C2)n1. The number of para-hydroxylation sites is 1. The normalized spacial score (nSPS) is 16.6. The zero-order valence-electron chi connectivity index (χ0n) is 15.8. The minimum atomic E-state index is -0.0707.